The van der Waals surface area contributed by atoms with E-state index in [-0.39, 0.29) is 5.97 Å². The Morgan fingerprint density at radius 2 is 1.24 bits per heavy atom. The van der Waals surface area contributed by atoms with Gasteiger partial charge < -0.3 is 9.26 Å². The van der Waals surface area contributed by atoms with Crippen LogP contribution in [-0.2, 0) is 14.1 Å². The average molecular weight is 318 g/mol. The van der Waals surface area contributed by atoms with Crippen molar-refractivity contribution in [3.63, 3.8) is 0 Å². The monoisotopic (exact) mass is 318 g/mol. The van der Waals surface area contributed by atoms with E-state index >= 15 is 0 Å². The molecule has 0 radical (unpaired) electrons. The standard InChI is InChI=1S/C17H35O3P/c1-2-3-4-5-6-7-8-9-10-11-12-13-15-19-17(18)14-16-20-21/h2-16,21H2,1H3. The van der Waals surface area contributed by atoms with Gasteiger partial charge >= 0.3 is 5.97 Å². The van der Waals surface area contributed by atoms with Gasteiger partial charge in [0, 0.05) is 9.47 Å². The SMILES string of the molecule is CCCCCCCCCCCCCCOC(=O)CCOP. The summed E-state index contributed by atoms with van der Waals surface area (Å²) in [7, 11) is 2.14. The van der Waals surface area contributed by atoms with Crippen molar-refractivity contribution in [1.29, 1.82) is 0 Å². The van der Waals surface area contributed by atoms with Crippen molar-refractivity contribution in [3.05, 3.63) is 0 Å². The summed E-state index contributed by atoms with van der Waals surface area (Å²) < 4.78 is 9.85. The molecule has 0 rings (SSSR count). The lowest BCUT2D eigenvalue weighted by molar-refractivity contribution is -0.144. The molecule has 0 aromatic rings. The topological polar surface area (TPSA) is 35.5 Å². The van der Waals surface area contributed by atoms with Gasteiger partial charge in [0.2, 0.25) is 0 Å². The third kappa shape index (κ3) is 17.8. The number of ether oxygens (including phenoxy) is 1. The summed E-state index contributed by atoms with van der Waals surface area (Å²) in [5.41, 5.74) is 0. The van der Waals surface area contributed by atoms with Crippen molar-refractivity contribution in [2.45, 2.75) is 90.4 Å². The largest absolute Gasteiger partial charge is 0.466 e. The average Bonchev–Trinajstić information content (AvgIpc) is 2.49. The van der Waals surface area contributed by atoms with Gasteiger partial charge in [0.15, 0.2) is 0 Å². The van der Waals surface area contributed by atoms with Crippen molar-refractivity contribution in [2.24, 2.45) is 0 Å². The maximum absolute atomic E-state index is 11.2. The third-order valence-electron chi connectivity index (χ3n) is 3.68. The van der Waals surface area contributed by atoms with Crippen LogP contribution in [0.25, 0.3) is 0 Å². The van der Waals surface area contributed by atoms with Crippen LogP contribution in [0.15, 0.2) is 0 Å². The van der Waals surface area contributed by atoms with Gasteiger partial charge in [-0.15, -0.1) is 0 Å². The van der Waals surface area contributed by atoms with Gasteiger partial charge in [0.05, 0.1) is 19.6 Å². The predicted octanol–water partition coefficient (Wildman–Crippen LogP) is 5.43. The highest BCUT2D eigenvalue weighted by Gasteiger charge is 2.01. The second-order valence-corrected chi connectivity index (χ2v) is 6.06. The van der Waals surface area contributed by atoms with Gasteiger partial charge in [-0.3, -0.25) is 4.79 Å². The molecule has 0 fully saturated rings. The molecule has 0 spiro atoms. The van der Waals surface area contributed by atoms with Crippen molar-refractivity contribution >= 4 is 15.4 Å². The number of rotatable bonds is 16. The molecule has 0 aliphatic heterocycles. The molecule has 0 N–H and O–H groups in total. The molecule has 0 aliphatic rings. The molecule has 0 heterocycles. The van der Waals surface area contributed by atoms with Crippen LogP contribution < -0.4 is 0 Å². The molecule has 0 saturated carbocycles. The fraction of sp³-hybridized carbons (Fsp3) is 0.941. The van der Waals surface area contributed by atoms with Crippen LogP contribution in [0.4, 0.5) is 0 Å². The van der Waals surface area contributed by atoms with Gasteiger partial charge in [-0.1, -0.05) is 77.6 Å². The van der Waals surface area contributed by atoms with E-state index in [1.165, 1.54) is 70.6 Å². The lowest BCUT2D eigenvalue weighted by Gasteiger charge is -2.05. The van der Waals surface area contributed by atoms with Crippen LogP contribution in [-0.4, -0.2) is 19.2 Å². The molecule has 1 unspecified atom stereocenters. The smallest absolute Gasteiger partial charge is 0.308 e. The van der Waals surface area contributed by atoms with Crippen LogP contribution in [0.3, 0.4) is 0 Å². The Hall–Kier alpha value is -0.140. The zero-order chi connectivity index (χ0) is 15.6. The Bertz CT molecular complexity index is 222. The molecule has 126 valence electrons. The first-order valence-corrected chi connectivity index (χ1v) is 9.25. The highest BCUT2D eigenvalue weighted by molar-refractivity contribution is 7.09. The molecular formula is C17H35O3P. The van der Waals surface area contributed by atoms with Gasteiger partial charge in [-0.2, -0.15) is 0 Å². The first kappa shape index (κ1) is 20.9. The summed E-state index contributed by atoms with van der Waals surface area (Å²) in [4.78, 5) is 11.2. The van der Waals surface area contributed by atoms with Gasteiger partial charge in [0.1, 0.15) is 0 Å². The molecule has 0 amide bonds. The van der Waals surface area contributed by atoms with Crippen molar-refractivity contribution in [2.75, 3.05) is 13.2 Å². The maximum atomic E-state index is 11.2. The number of carbonyl (C=O) groups is 1. The van der Waals surface area contributed by atoms with E-state index in [0.717, 1.165) is 6.42 Å². The van der Waals surface area contributed by atoms with Crippen LogP contribution in [0.2, 0.25) is 0 Å². The van der Waals surface area contributed by atoms with E-state index in [0.29, 0.717) is 19.6 Å². The summed E-state index contributed by atoms with van der Waals surface area (Å²) in [6, 6.07) is 0. The van der Waals surface area contributed by atoms with Gasteiger partial charge in [0.25, 0.3) is 0 Å². The molecular weight excluding hydrogens is 283 g/mol. The highest BCUT2D eigenvalue weighted by atomic mass is 31.0. The number of carbonyl (C=O) groups excluding carboxylic acids is 1. The third-order valence-corrected chi connectivity index (χ3v) is 3.92. The predicted molar refractivity (Wildman–Crippen MR) is 92.3 cm³/mol. The molecule has 0 aliphatic carbocycles. The first-order valence-electron chi connectivity index (χ1n) is 8.78. The van der Waals surface area contributed by atoms with Gasteiger partial charge in [-0.05, 0) is 6.42 Å². The fourth-order valence-electron chi connectivity index (χ4n) is 2.34. The Kier molecular flexibility index (Phi) is 17.8. The fourth-order valence-corrected chi connectivity index (χ4v) is 2.46. The number of esters is 1. The molecule has 3 nitrogen and oxygen atoms in total. The Morgan fingerprint density at radius 1 is 0.762 bits per heavy atom. The number of hydrogen-bond donors (Lipinski definition) is 0. The zero-order valence-electron chi connectivity index (χ0n) is 13.9. The van der Waals surface area contributed by atoms with Crippen LogP contribution in [0, 0.1) is 0 Å². The second-order valence-electron chi connectivity index (χ2n) is 5.73. The van der Waals surface area contributed by atoms with Crippen molar-refractivity contribution in [1.82, 2.24) is 0 Å². The van der Waals surface area contributed by atoms with E-state index in [1.807, 2.05) is 0 Å². The van der Waals surface area contributed by atoms with E-state index < -0.39 is 0 Å². The molecule has 0 saturated heterocycles. The Balaban J connectivity index is 3.04. The summed E-state index contributed by atoms with van der Waals surface area (Å²) >= 11 is 0. The van der Waals surface area contributed by atoms with Crippen molar-refractivity contribution in [3.8, 4) is 0 Å². The molecule has 4 heteroatoms. The minimum absolute atomic E-state index is 0.152. The summed E-state index contributed by atoms with van der Waals surface area (Å²) in [6.07, 6.45) is 16.2. The van der Waals surface area contributed by atoms with Gasteiger partial charge in [-0.25, -0.2) is 0 Å². The van der Waals surface area contributed by atoms with Crippen LogP contribution in [0.1, 0.15) is 90.4 Å². The Morgan fingerprint density at radius 3 is 1.71 bits per heavy atom. The van der Waals surface area contributed by atoms with E-state index in [9.17, 15) is 4.79 Å². The quantitative estimate of drug-likeness (QED) is 0.216. The van der Waals surface area contributed by atoms with E-state index in [1.54, 1.807) is 0 Å². The molecule has 0 aromatic carbocycles. The van der Waals surface area contributed by atoms with Crippen molar-refractivity contribution < 1.29 is 14.1 Å². The van der Waals surface area contributed by atoms with E-state index in [2.05, 4.69) is 16.4 Å². The summed E-state index contributed by atoms with van der Waals surface area (Å²) in [6.45, 7) is 3.24. The Labute approximate surface area is 133 Å². The maximum Gasteiger partial charge on any atom is 0.308 e. The van der Waals surface area contributed by atoms with Crippen LogP contribution in [0.5, 0.6) is 0 Å². The van der Waals surface area contributed by atoms with Crippen LogP contribution >= 0.6 is 9.47 Å². The number of unbranched alkanes of at least 4 members (excludes halogenated alkanes) is 11. The molecule has 1 atom stereocenters. The highest BCUT2D eigenvalue weighted by Crippen LogP contribution is 2.11. The first-order chi connectivity index (χ1) is 10.3. The van der Waals surface area contributed by atoms with E-state index in [4.69, 9.17) is 9.26 Å². The minimum Gasteiger partial charge on any atom is -0.466 e. The summed E-state index contributed by atoms with van der Waals surface area (Å²) in [5.74, 6) is -0.152. The minimum atomic E-state index is -0.152. The molecule has 21 heavy (non-hydrogen) atoms. The number of hydrogen-bond acceptors (Lipinski definition) is 3. The zero-order valence-corrected chi connectivity index (χ0v) is 15.1. The lowest BCUT2D eigenvalue weighted by atomic mass is 10.1. The summed E-state index contributed by atoms with van der Waals surface area (Å²) in [5, 5.41) is 0. The lowest BCUT2D eigenvalue weighted by Crippen LogP contribution is -2.07. The molecule has 0 bridgehead atoms. The normalized spacial score (nSPS) is 10.8. The molecule has 0 aromatic heterocycles. The second kappa shape index (κ2) is 17.9.